The predicted octanol–water partition coefficient (Wildman–Crippen LogP) is 5.39. The highest BCUT2D eigenvalue weighted by atomic mass is 32.2. The van der Waals surface area contributed by atoms with E-state index in [1.807, 2.05) is 19.1 Å². The first-order valence-electron chi connectivity index (χ1n) is 18.1. The fraction of sp³-hybridized carbons (Fsp3) is 0.500. The summed E-state index contributed by atoms with van der Waals surface area (Å²) in [6.07, 6.45) is 12.9. The van der Waals surface area contributed by atoms with Gasteiger partial charge in [0.15, 0.2) is 11.8 Å². The molecule has 15 nitrogen and oxygen atoms in total. The zero-order valence-electron chi connectivity index (χ0n) is 32.0. The highest BCUT2D eigenvalue weighted by molar-refractivity contribution is 8.13. The molecule has 1 saturated heterocycles. The summed E-state index contributed by atoms with van der Waals surface area (Å²) < 4.78 is 40.3. The monoisotopic (exact) mass is 801 g/mol. The van der Waals surface area contributed by atoms with Crippen molar-refractivity contribution in [1.82, 2.24) is 14.9 Å². The Hall–Kier alpha value is -4.45. The van der Waals surface area contributed by atoms with Crippen molar-refractivity contribution in [2.24, 2.45) is 16.8 Å². The van der Waals surface area contributed by atoms with Gasteiger partial charge in [0, 0.05) is 23.7 Å². The van der Waals surface area contributed by atoms with E-state index in [1.165, 1.54) is 31.6 Å². The van der Waals surface area contributed by atoms with Gasteiger partial charge in [0.2, 0.25) is 5.60 Å². The van der Waals surface area contributed by atoms with Crippen LogP contribution in [0.4, 0.5) is 4.79 Å². The molecule has 1 aliphatic carbocycles. The molecule has 2 amide bonds. The molecule has 0 aromatic heterocycles. The Kier molecular flexibility index (Phi) is 13.8. The van der Waals surface area contributed by atoms with Gasteiger partial charge >= 0.3 is 21.6 Å². The number of oxime groups is 1. The summed E-state index contributed by atoms with van der Waals surface area (Å²) in [6, 6.07) is 2.43. The fourth-order valence-electron chi connectivity index (χ4n) is 6.53. The zero-order chi connectivity index (χ0) is 40.9. The van der Waals surface area contributed by atoms with Gasteiger partial charge in [0.1, 0.15) is 5.75 Å². The highest BCUT2D eigenvalue weighted by Gasteiger charge is 2.50. The zero-order valence-corrected chi connectivity index (χ0v) is 33.6. The third-order valence-electron chi connectivity index (χ3n) is 9.58. The van der Waals surface area contributed by atoms with Crippen molar-refractivity contribution in [1.29, 1.82) is 0 Å². The third-order valence-corrected chi connectivity index (χ3v) is 11.1. The van der Waals surface area contributed by atoms with Crippen molar-refractivity contribution >= 4 is 50.9 Å². The second-order valence-electron chi connectivity index (χ2n) is 14.7. The van der Waals surface area contributed by atoms with E-state index in [1.54, 1.807) is 6.92 Å². The quantitative estimate of drug-likeness (QED) is 0.0269. The minimum atomic E-state index is -5.11. The van der Waals surface area contributed by atoms with Crippen LogP contribution in [0, 0.1) is 12.8 Å². The molecule has 300 valence electrons. The standard InChI is InChI=1S/C38H51N5O10S2/c1-8-10-11-12-24-20-23(4)30(26-19-22(3)13-14-25(26)9-2)29(21-24)52-36(48)54-18-16-28-32(34(45)43(28)55(49,50)51)40-33(44)31(27-15-17-38(7,39)41-27)42-53-37(5,6)35(46)47/h9,15-16,19-21,25-26,32,41H,2,8,10-14,17-18,39H2,1,3-7H3,(H,40,44)(H,46,47)(H,49,50,51)/b28-16+,42-31-/t25-,26-,32+,38?/m1/s1. The first-order valence-corrected chi connectivity index (χ1v) is 20.4. The summed E-state index contributed by atoms with van der Waals surface area (Å²) in [5, 5.41) is 17.8. The van der Waals surface area contributed by atoms with Crippen molar-refractivity contribution < 1.29 is 46.8 Å². The Morgan fingerprint density at radius 3 is 2.56 bits per heavy atom. The summed E-state index contributed by atoms with van der Waals surface area (Å²) in [5.41, 5.74) is 6.69. The fourth-order valence-corrected chi connectivity index (χ4v) is 7.85. The number of hydrogen-bond donors (Lipinski definition) is 5. The Bertz CT molecular complexity index is 1950. The Labute approximate surface area is 326 Å². The topological polar surface area (TPSA) is 227 Å². The number of nitrogens with two attached hydrogens (primary N) is 1. The van der Waals surface area contributed by atoms with Crippen LogP contribution in [0.15, 0.2) is 65.1 Å². The number of unbranched alkanes of at least 4 members (excludes halogenated alkanes) is 2. The number of carbonyl (C=O) groups is 4. The van der Waals surface area contributed by atoms with E-state index in [2.05, 4.69) is 48.4 Å². The van der Waals surface area contributed by atoms with Crippen molar-refractivity contribution in [2.75, 3.05) is 5.75 Å². The molecule has 0 saturated carbocycles. The van der Waals surface area contributed by atoms with E-state index in [9.17, 15) is 37.3 Å². The number of thioether (sulfide) groups is 1. The van der Waals surface area contributed by atoms with Crippen molar-refractivity contribution in [3.05, 3.63) is 76.7 Å². The molecule has 6 N–H and O–H groups in total. The van der Waals surface area contributed by atoms with Gasteiger partial charge in [-0.25, -0.2) is 9.59 Å². The lowest BCUT2D eigenvalue weighted by atomic mass is 9.75. The van der Waals surface area contributed by atoms with E-state index in [0.717, 1.165) is 55.2 Å². The number of carboxylic acids is 1. The summed E-state index contributed by atoms with van der Waals surface area (Å²) in [4.78, 5) is 56.7. The first-order chi connectivity index (χ1) is 25.7. The summed E-state index contributed by atoms with van der Waals surface area (Å²) in [5.74, 6) is -3.31. The number of benzene rings is 1. The molecular weight excluding hydrogens is 751 g/mol. The van der Waals surface area contributed by atoms with Gasteiger partial charge in [-0.3, -0.25) is 14.1 Å². The lowest BCUT2D eigenvalue weighted by Crippen LogP contribution is -2.64. The number of aliphatic carboxylic acids is 1. The SMILES string of the molecule is C=C[C@@H]1CCC(C)=C[C@H]1c1c(C)cc(CCCCC)cc1OC(=O)SC/C=C1\[C@H](NC(=O)/C(=N\OC(C)(C)C(=O)O)C2=CCC(C)(N)N2)C(=O)N1S(=O)(=O)O. The number of rotatable bonds is 16. The summed E-state index contributed by atoms with van der Waals surface area (Å²) in [6.45, 7) is 14.3. The molecule has 55 heavy (non-hydrogen) atoms. The number of hydrogen-bond acceptors (Lipinski definition) is 12. The van der Waals surface area contributed by atoms with E-state index in [0.29, 0.717) is 17.5 Å². The number of nitrogens with one attached hydrogen (secondary N) is 2. The second kappa shape index (κ2) is 17.6. The van der Waals surface area contributed by atoms with Gasteiger partial charge in [0.05, 0.1) is 17.1 Å². The van der Waals surface area contributed by atoms with Gasteiger partial charge in [-0.1, -0.05) is 60.9 Å². The number of nitrogens with zero attached hydrogens (tertiary/aromatic N) is 2. The molecule has 2 heterocycles. The van der Waals surface area contributed by atoms with E-state index in [4.69, 9.17) is 15.3 Å². The van der Waals surface area contributed by atoms with E-state index >= 15 is 0 Å². The average Bonchev–Trinajstić information content (AvgIpc) is 3.44. The van der Waals surface area contributed by atoms with Crippen LogP contribution < -0.4 is 21.1 Å². The second-order valence-corrected chi connectivity index (χ2v) is 17.0. The normalized spacial score (nSPS) is 23.7. The molecule has 0 bridgehead atoms. The minimum Gasteiger partial charge on any atom is -0.478 e. The highest BCUT2D eigenvalue weighted by Crippen LogP contribution is 2.43. The third kappa shape index (κ3) is 10.7. The number of amides is 2. The van der Waals surface area contributed by atoms with Crippen LogP contribution in [-0.4, -0.2) is 74.2 Å². The number of allylic oxidation sites excluding steroid dienone is 3. The van der Waals surface area contributed by atoms with Gasteiger partial charge in [-0.15, -0.1) is 6.58 Å². The number of carbonyl (C=O) groups excluding carboxylic acids is 3. The first kappa shape index (κ1) is 43.3. The molecule has 1 unspecified atom stereocenters. The smallest absolute Gasteiger partial charge is 0.373 e. The molecule has 1 aromatic rings. The largest absolute Gasteiger partial charge is 0.478 e. The minimum absolute atomic E-state index is 0.0534. The molecule has 17 heteroatoms. The Morgan fingerprint density at radius 2 is 1.96 bits per heavy atom. The lowest BCUT2D eigenvalue weighted by molar-refractivity contribution is -0.161. The molecule has 3 aliphatic rings. The van der Waals surface area contributed by atoms with Crippen LogP contribution in [0.1, 0.15) is 95.8 Å². The molecule has 0 radical (unpaired) electrons. The molecule has 4 atom stereocenters. The van der Waals surface area contributed by atoms with Gasteiger partial charge in [0.25, 0.3) is 11.8 Å². The maximum atomic E-state index is 13.5. The number of carboxylic acid groups (broad SMARTS) is 1. The lowest BCUT2D eigenvalue weighted by Gasteiger charge is -2.38. The van der Waals surface area contributed by atoms with E-state index in [-0.39, 0.29) is 39.7 Å². The van der Waals surface area contributed by atoms with Gasteiger partial charge in [-0.2, -0.15) is 12.7 Å². The molecule has 1 aromatic carbocycles. The van der Waals surface area contributed by atoms with Crippen LogP contribution >= 0.6 is 11.8 Å². The maximum absolute atomic E-state index is 13.5. The van der Waals surface area contributed by atoms with Crippen LogP contribution in [0.2, 0.25) is 0 Å². The maximum Gasteiger partial charge on any atom is 0.373 e. The molecule has 1 fully saturated rings. The van der Waals surface area contributed by atoms with Crippen LogP contribution in [0.3, 0.4) is 0 Å². The Morgan fingerprint density at radius 1 is 1.25 bits per heavy atom. The molecule has 4 rings (SSSR count). The van der Waals surface area contributed by atoms with Gasteiger partial charge < -0.3 is 31.0 Å². The molecular formula is C38H51N5O10S2. The summed E-state index contributed by atoms with van der Waals surface area (Å²) in [7, 11) is -5.11. The van der Waals surface area contributed by atoms with Crippen molar-refractivity contribution in [3.63, 3.8) is 0 Å². The average molecular weight is 802 g/mol. The number of aryl methyl sites for hydroxylation is 2. The van der Waals surface area contributed by atoms with Crippen molar-refractivity contribution in [3.8, 4) is 5.75 Å². The Balaban J connectivity index is 1.58. The molecule has 2 aliphatic heterocycles. The van der Waals surface area contributed by atoms with Crippen molar-refractivity contribution in [2.45, 2.75) is 110 Å². The van der Waals surface area contributed by atoms with Crippen LogP contribution in [0.5, 0.6) is 5.75 Å². The number of ether oxygens (including phenoxy) is 1. The summed E-state index contributed by atoms with van der Waals surface area (Å²) >= 11 is 0.687. The number of β-lactam (4-membered cyclic amide) rings is 1. The predicted molar refractivity (Wildman–Crippen MR) is 209 cm³/mol. The van der Waals surface area contributed by atoms with E-state index < -0.39 is 56.4 Å². The molecule has 0 spiro atoms. The van der Waals surface area contributed by atoms with Crippen LogP contribution in [-0.2, 0) is 35.9 Å². The van der Waals surface area contributed by atoms with Crippen LogP contribution in [0.25, 0.3) is 0 Å². The van der Waals surface area contributed by atoms with Gasteiger partial charge in [-0.05, 0) is 95.2 Å².